The number of hydrogen-bond acceptors (Lipinski definition) is 4. The van der Waals surface area contributed by atoms with E-state index in [1.807, 2.05) is 73.1 Å². The van der Waals surface area contributed by atoms with Crippen molar-refractivity contribution >= 4 is 11.9 Å². The monoisotopic (exact) mass is 456 g/mol. The van der Waals surface area contributed by atoms with E-state index in [1.165, 1.54) is 16.7 Å². The molecule has 7 heteroatoms. The van der Waals surface area contributed by atoms with Gasteiger partial charge in [0.1, 0.15) is 0 Å². The maximum absolute atomic E-state index is 13.0. The summed E-state index contributed by atoms with van der Waals surface area (Å²) in [6, 6.07) is 14.0. The summed E-state index contributed by atoms with van der Waals surface area (Å²) in [6.07, 6.45) is 3.78. The molecule has 0 unspecified atom stereocenters. The number of aromatic nitrogens is 4. The molecular formula is C27H32N6O. The van der Waals surface area contributed by atoms with E-state index in [0.717, 1.165) is 29.1 Å². The van der Waals surface area contributed by atoms with Gasteiger partial charge in [0, 0.05) is 30.9 Å². The van der Waals surface area contributed by atoms with Crippen LogP contribution in [0.5, 0.6) is 0 Å². The van der Waals surface area contributed by atoms with Crippen molar-refractivity contribution in [1.29, 1.82) is 0 Å². The van der Waals surface area contributed by atoms with E-state index in [2.05, 4.69) is 53.2 Å². The van der Waals surface area contributed by atoms with Crippen molar-refractivity contribution in [3.05, 3.63) is 88.4 Å². The number of benzene rings is 2. The zero-order valence-corrected chi connectivity index (χ0v) is 20.8. The molecule has 1 amide bonds. The Labute approximate surface area is 201 Å². The van der Waals surface area contributed by atoms with Crippen LogP contribution in [0.4, 0.5) is 5.95 Å². The van der Waals surface area contributed by atoms with Crippen LogP contribution in [0.2, 0.25) is 0 Å². The maximum Gasteiger partial charge on any atom is 0.257 e. The molecule has 0 atom stereocenters. The molecule has 34 heavy (non-hydrogen) atoms. The molecule has 4 rings (SSSR count). The number of hydrogen-bond donors (Lipinski definition) is 1. The largest absolute Gasteiger partial charge is 0.313 e. The molecule has 4 aromatic rings. The summed E-state index contributed by atoms with van der Waals surface area (Å²) in [4.78, 5) is 19.6. The first kappa shape index (κ1) is 23.4. The van der Waals surface area contributed by atoms with Gasteiger partial charge >= 0.3 is 0 Å². The maximum atomic E-state index is 13.0. The average molecular weight is 457 g/mol. The van der Waals surface area contributed by atoms with Gasteiger partial charge in [-0.1, -0.05) is 18.2 Å². The molecule has 0 aliphatic heterocycles. The molecule has 0 bridgehead atoms. The number of carbonyl (C=O) groups excluding carboxylic acids is 1. The van der Waals surface area contributed by atoms with Crippen molar-refractivity contribution < 1.29 is 4.79 Å². The highest BCUT2D eigenvalue weighted by Crippen LogP contribution is 2.28. The molecule has 0 aliphatic carbocycles. The number of carbonyl (C=O) groups is 1. The summed E-state index contributed by atoms with van der Waals surface area (Å²) in [7, 11) is 5.97. The second kappa shape index (κ2) is 9.65. The van der Waals surface area contributed by atoms with Crippen molar-refractivity contribution in [2.45, 2.75) is 33.9 Å². The van der Waals surface area contributed by atoms with Crippen molar-refractivity contribution in [3.8, 4) is 11.3 Å². The van der Waals surface area contributed by atoms with Crippen LogP contribution in [-0.4, -0.2) is 44.2 Å². The second-order valence-electron chi connectivity index (χ2n) is 9.17. The lowest BCUT2D eigenvalue weighted by Gasteiger charge is -2.12. The van der Waals surface area contributed by atoms with Crippen LogP contribution in [0.3, 0.4) is 0 Å². The standard InChI is InChI=1S/C27H32N6O/c1-18-12-20(3)24(13-19(18)2)25-15-28-27(32(25)6)29-26(34)22-9-7-8-21(14-22)16-33-11-10-23(30-33)17-31(4)5/h7-15H,16-17H2,1-6H3,(H,28,29,34). The van der Waals surface area contributed by atoms with Gasteiger partial charge in [0.25, 0.3) is 5.91 Å². The first-order chi connectivity index (χ1) is 16.2. The molecule has 176 valence electrons. The summed E-state index contributed by atoms with van der Waals surface area (Å²) in [6.45, 7) is 7.72. The molecule has 2 aromatic carbocycles. The summed E-state index contributed by atoms with van der Waals surface area (Å²) in [5.74, 6) is 0.330. The van der Waals surface area contributed by atoms with E-state index >= 15 is 0 Å². The quantitative estimate of drug-likeness (QED) is 0.442. The minimum atomic E-state index is -0.187. The van der Waals surface area contributed by atoms with Crippen LogP contribution in [-0.2, 0) is 20.1 Å². The number of nitrogens with one attached hydrogen (secondary N) is 1. The molecule has 2 heterocycles. The van der Waals surface area contributed by atoms with Crippen LogP contribution >= 0.6 is 0 Å². The Morgan fingerprint density at radius 2 is 1.79 bits per heavy atom. The molecule has 0 saturated heterocycles. The van der Waals surface area contributed by atoms with E-state index in [4.69, 9.17) is 0 Å². The molecule has 1 N–H and O–H groups in total. The lowest BCUT2D eigenvalue weighted by Crippen LogP contribution is -2.16. The van der Waals surface area contributed by atoms with Crippen LogP contribution < -0.4 is 5.32 Å². The fraction of sp³-hybridized carbons (Fsp3) is 0.296. The Bertz CT molecular complexity index is 1330. The van der Waals surface area contributed by atoms with E-state index in [1.54, 1.807) is 0 Å². The number of rotatable bonds is 7. The number of anilines is 1. The SMILES string of the molecule is Cc1cc(C)c(-c2cnc(NC(=O)c3cccc(Cn4ccc(CN(C)C)n4)c3)n2C)cc1C. The molecule has 0 fully saturated rings. The third kappa shape index (κ3) is 5.10. The van der Waals surface area contributed by atoms with E-state index in [9.17, 15) is 4.79 Å². The van der Waals surface area contributed by atoms with Crippen LogP contribution in [0, 0.1) is 20.8 Å². The van der Waals surface area contributed by atoms with E-state index < -0.39 is 0 Å². The number of amides is 1. The van der Waals surface area contributed by atoms with Gasteiger partial charge in [-0.05, 0) is 81.4 Å². The smallest absolute Gasteiger partial charge is 0.257 e. The molecule has 7 nitrogen and oxygen atoms in total. The average Bonchev–Trinajstić information content (AvgIpc) is 3.36. The molecule has 0 aliphatic rings. The third-order valence-electron chi connectivity index (χ3n) is 6.04. The molecule has 2 aromatic heterocycles. The predicted octanol–water partition coefficient (Wildman–Crippen LogP) is 4.57. The van der Waals surface area contributed by atoms with E-state index in [0.29, 0.717) is 18.1 Å². The normalized spacial score (nSPS) is 11.3. The van der Waals surface area contributed by atoms with Crippen LogP contribution in [0.15, 0.2) is 54.9 Å². The topological polar surface area (TPSA) is 68.0 Å². The fourth-order valence-electron chi connectivity index (χ4n) is 4.08. The Kier molecular flexibility index (Phi) is 6.65. The van der Waals surface area contributed by atoms with Gasteiger partial charge in [-0.3, -0.25) is 14.8 Å². The van der Waals surface area contributed by atoms with Crippen molar-refractivity contribution in [2.75, 3.05) is 19.4 Å². The Morgan fingerprint density at radius 1 is 1.03 bits per heavy atom. The lowest BCUT2D eigenvalue weighted by molar-refractivity contribution is 0.102. The highest BCUT2D eigenvalue weighted by Gasteiger charge is 2.15. The van der Waals surface area contributed by atoms with Crippen molar-refractivity contribution in [2.24, 2.45) is 7.05 Å². The highest BCUT2D eigenvalue weighted by molar-refractivity contribution is 6.03. The van der Waals surface area contributed by atoms with Crippen molar-refractivity contribution in [1.82, 2.24) is 24.2 Å². The second-order valence-corrected chi connectivity index (χ2v) is 9.17. The zero-order valence-electron chi connectivity index (χ0n) is 20.8. The number of nitrogens with zero attached hydrogens (tertiary/aromatic N) is 5. The van der Waals surface area contributed by atoms with E-state index in [-0.39, 0.29) is 5.91 Å². The Morgan fingerprint density at radius 3 is 2.56 bits per heavy atom. The number of aryl methyl sites for hydroxylation is 3. The highest BCUT2D eigenvalue weighted by atomic mass is 16.1. The Hall–Kier alpha value is -3.71. The van der Waals surface area contributed by atoms with Crippen LogP contribution in [0.1, 0.15) is 38.3 Å². The molecule has 0 saturated carbocycles. The zero-order chi connectivity index (χ0) is 24.4. The lowest BCUT2D eigenvalue weighted by atomic mass is 9.99. The third-order valence-corrected chi connectivity index (χ3v) is 6.04. The van der Waals surface area contributed by atoms with Gasteiger partial charge in [0.2, 0.25) is 5.95 Å². The van der Waals surface area contributed by atoms with Gasteiger partial charge in [-0.2, -0.15) is 5.10 Å². The summed E-state index contributed by atoms with van der Waals surface area (Å²) >= 11 is 0. The van der Waals surface area contributed by atoms with Crippen molar-refractivity contribution in [3.63, 3.8) is 0 Å². The van der Waals surface area contributed by atoms with Gasteiger partial charge in [0.05, 0.1) is 24.1 Å². The first-order valence-electron chi connectivity index (χ1n) is 11.4. The predicted molar refractivity (Wildman–Crippen MR) is 136 cm³/mol. The minimum Gasteiger partial charge on any atom is -0.313 e. The Balaban J connectivity index is 1.50. The first-order valence-corrected chi connectivity index (χ1v) is 11.4. The van der Waals surface area contributed by atoms with Gasteiger partial charge in [0.15, 0.2) is 0 Å². The summed E-state index contributed by atoms with van der Waals surface area (Å²) in [5.41, 5.74) is 8.39. The molecular weight excluding hydrogens is 424 g/mol. The summed E-state index contributed by atoms with van der Waals surface area (Å²) < 4.78 is 3.82. The molecule has 0 spiro atoms. The number of imidazole rings is 1. The van der Waals surface area contributed by atoms with Gasteiger partial charge in [-0.15, -0.1) is 0 Å². The fourth-order valence-corrected chi connectivity index (χ4v) is 4.08. The summed E-state index contributed by atoms with van der Waals surface area (Å²) in [5, 5.41) is 7.57. The van der Waals surface area contributed by atoms with Gasteiger partial charge in [-0.25, -0.2) is 4.98 Å². The molecule has 0 radical (unpaired) electrons. The van der Waals surface area contributed by atoms with Crippen LogP contribution in [0.25, 0.3) is 11.3 Å². The van der Waals surface area contributed by atoms with Gasteiger partial charge < -0.3 is 9.47 Å². The minimum absolute atomic E-state index is 0.187.